The molecular weight excluding hydrogens is 334 g/mol. The van der Waals surface area contributed by atoms with Crippen LogP contribution in [-0.4, -0.2) is 32.0 Å². The molecule has 0 fully saturated rings. The Labute approximate surface area is 132 Å². The third-order valence-electron chi connectivity index (χ3n) is 3.27. The molecule has 0 aliphatic heterocycles. The Balaban J connectivity index is 1.76. The van der Waals surface area contributed by atoms with Gasteiger partial charge in [0.05, 0.1) is 15.9 Å². The lowest BCUT2D eigenvalue weighted by atomic mass is 10.3. The first-order valence-electron chi connectivity index (χ1n) is 6.96. The fourth-order valence-electron chi connectivity index (χ4n) is 1.97. The van der Waals surface area contributed by atoms with Crippen LogP contribution in [0.5, 0.6) is 0 Å². The number of halogens is 1. The zero-order valence-corrected chi connectivity index (χ0v) is 14.1. The van der Waals surface area contributed by atoms with E-state index in [0.29, 0.717) is 6.54 Å². The van der Waals surface area contributed by atoms with Gasteiger partial charge in [0, 0.05) is 25.5 Å². The average Bonchev–Trinajstić information content (AvgIpc) is 3.00. The van der Waals surface area contributed by atoms with E-state index in [1.54, 1.807) is 4.68 Å². The van der Waals surface area contributed by atoms with Crippen LogP contribution in [0, 0.1) is 13.8 Å². The van der Waals surface area contributed by atoms with Crippen molar-refractivity contribution >= 4 is 21.8 Å². The van der Waals surface area contributed by atoms with Crippen LogP contribution in [-0.2, 0) is 11.3 Å². The van der Waals surface area contributed by atoms with Crippen molar-refractivity contribution in [1.29, 1.82) is 0 Å². The van der Waals surface area contributed by atoms with Crippen molar-refractivity contribution in [3.05, 3.63) is 34.3 Å². The number of carbonyl (C=O) groups is 1. The summed E-state index contributed by atoms with van der Waals surface area (Å²) in [6.45, 7) is 7.13. The SMILES string of the molecule is Cc1ccn(CCCNC(=O)C(C)n2cc(Br)c(C)n2)n1. The second kappa shape index (κ2) is 6.89. The zero-order valence-electron chi connectivity index (χ0n) is 12.5. The van der Waals surface area contributed by atoms with E-state index in [1.807, 2.05) is 43.9 Å². The van der Waals surface area contributed by atoms with Gasteiger partial charge in [-0.1, -0.05) is 0 Å². The van der Waals surface area contributed by atoms with Crippen molar-refractivity contribution in [2.75, 3.05) is 6.54 Å². The third-order valence-corrected chi connectivity index (χ3v) is 4.05. The lowest BCUT2D eigenvalue weighted by molar-refractivity contribution is -0.124. The number of hydrogen-bond acceptors (Lipinski definition) is 3. The van der Waals surface area contributed by atoms with Crippen LogP contribution < -0.4 is 5.32 Å². The Morgan fingerprint density at radius 3 is 2.76 bits per heavy atom. The molecule has 0 bridgehead atoms. The highest BCUT2D eigenvalue weighted by molar-refractivity contribution is 9.10. The number of hydrogen-bond donors (Lipinski definition) is 1. The van der Waals surface area contributed by atoms with Gasteiger partial charge in [0.1, 0.15) is 6.04 Å². The highest BCUT2D eigenvalue weighted by atomic mass is 79.9. The quantitative estimate of drug-likeness (QED) is 0.809. The van der Waals surface area contributed by atoms with Gasteiger partial charge in [-0.3, -0.25) is 14.2 Å². The molecule has 1 unspecified atom stereocenters. The molecule has 0 spiro atoms. The molecule has 7 heteroatoms. The molecule has 1 N–H and O–H groups in total. The largest absolute Gasteiger partial charge is 0.354 e. The van der Waals surface area contributed by atoms with E-state index in [1.165, 1.54) is 0 Å². The lowest BCUT2D eigenvalue weighted by Gasteiger charge is -2.12. The van der Waals surface area contributed by atoms with E-state index in [0.717, 1.165) is 28.8 Å². The summed E-state index contributed by atoms with van der Waals surface area (Å²) in [5.41, 5.74) is 1.89. The highest BCUT2D eigenvalue weighted by Gasteiger charge is 2.16. The predicted molar refractivity (Wildman–Crippen MR) is 84.0 cm³/mol. The fourth-order valence-corrected chi connectivity index (χ4v) is 2.26. The first-order chi connectivity index (χ1) is 9.97. The number of nitrogens with zero attached hydrogens (tertiary/aromatic N) is 4. The molecule has 6 nitrogen and oxygen atoms in total. The molecule has 1 amide bonds. The van der Waals surface area contributed by atoms with E-state index in [4.69, 9.17) is 0 Å². The standard InChI is InChI=1S/C14H20BrN5O/c1-10-5-8-19(17-10)7-4-6-16-14(21)12(3)20-9-13(15)11(2)18-20/h5,8-9,12H,4,6-7H2,1-3H3,(H,16,21). The van der Waals surface area contributed by atoms with Gasteiger partial charge in [-0.05, 0) is 49.2 Å². The monoisotopic (exact) mass is 353 g/mol. The topological polar surface area (TPSA) is 64.7 Å². The van der Waals surface area contributed by atoms with Crippen LogP contribution in [0.15, 0.2) is 22.9 Å². The summed E-state index contributed by atoms with van der Waals surface area (Å²) in [5.74, 6) is -0.0263. The molecule has 0 aliphatic rings. The Hall–Kier alpha value is -1.63. The van der Waals surface area contributed by atoms with Crippen LogP contribution >= 0.6 is 15.9 Å². The van der Waals surface area contributed by atoms with Crippen molar-refractivity contribution in [2.24, 2.45) is 0 Å². The number of aromatic nitrogens is 4. The molecule has 0 aromatic carbocycles. The van der Waals surface area contributed by atoms with Crippen molar-refractivity contribution in [3.8, 4) is 0 Å². The maximum atomic E-state index is 12.1. The van der Waals surface area contributed by atoms with E-state index in [-0.39, 0.29) is 11.9 Å². The molecule has 0 saturated heterocycles. The van der Waals surface area contributed by atoms with Crippen molar-refractivity contribution in [3.63, 3.8) is 0 Å². The molecule has 2 aromatic heterocycles. The van der Waals surface area contributed by atoms with Crippen LogP contribution in [0.1, 0.15) is 30.8 Å². The predicted octanol–water partition coefficient (Wildman–Crippen LogP) is 2.23. The summed E-state index contributed by atoms with van der Waals surface area (Å²) in [7, 11) is 0. The van der Waals surface area contributed by atoms with E-state index in [9.17, 15) is 4.79 Å². The van der Waals surface area contributed by atoms with Crippen LogP contribution in [0.25, 0.3) is 0 Å². The zero-order chi connectivity index (χ0) is 15.4. The van der Waals surface area contributed by atoms with Gasteiger partial charge in [-0.15, -0.1) is 0 Å². The summed E-state index contributed by atoms with van der Waals surface area (Å²) >= 11 is 3.40. The fraction of sp³-hybridized carbons (Fsp3) is 0.500. The lowest BCUT2D eigenvalue weighted by Crippen LogP contribution is -2.32. The van der Waals surface area contributed by atoms with E-state index in [2.05, 4.69) is 31.4 Å². The Morgan fingerprint density at radius 2 is 2.19 bits per heavy atom. The molecule has 21 heavy (non-hydrogen) atoms. The molecule has 0 radical (unpaired) electrons. The molecule has 2 aromatic rings. The average molecular weight is 354 g/mol. The van der Waals surface area contributed by atoms with Crippen LogP contribution in [0.4, 0.5) is 0 Å². The van der Waals surface area contributed by atoms with Crippen molar-refractivity contribution in [2.45, 2.75) is 39.8 Å². The van der Waals surface area contributed by atoms with Crippen molar-refractivity contribution < 1.29 is 4.79 Å². The maximum absolute atomic E-state index is 12.1. The van der Waals surface area contributed by atoms with Gasteiger partial charge in [0.25, 0.3) is 0 Å². The second-order valence-corrected chi connectivity index (χ2v) is 5.94. The first kappa shape index (κ1) is 15.8. The molecule has 114 valence electrons. The first-order valence-corrected chi connectivity index (χ1v) is 7.75. The van der Waals surface area contributed by atoms with Crippen molar-refractivity contribution in [1.82, 2.24) is 24.9 Å². The van der Waals surface area contributed by atoms with Gasteiger partial charge in [-0.25, -0.2) is 0 Å². The molecule has 1 atom stereocenters. The van der Waals surface area contributed by atoms with Gasteiger partial charge < -0.3 is 5.32 Å². The van der Waals surface area contributed by atoms with Crippen LogP contribution in [0.2, 0.25) is 0 Å². The summed E-state index contributed by atoms with van der Waals surface area (Å²) < 4.78 is 4.47. The maximum Gasteiger partial charge on any atom is 0.244 e. The molecule has 2 rings (SSSR count). The van der Waals surface area contributed by atoms with E-state index < -0.39 is 0 Å². The number of amides is 1. The number of rotatable bonds is 6. The van der Waals surface area contributed by atoms with Crippen LogP contribution in [0.3, 0.4) is 0 Å². The van der Waals surface area contributed by atoms with Gasteiger partial charge in [0.15, 0.2) is 0 Å². The Kier molecular flexibility index (Phi) is 5.17. The normalized spacial score (nSPS) is 12.4. The minimum absolute atomic E-state index is 0.0263. The number of nitrogens with one attached hydrogen (secondary N) is 1. The highest BCUT2D eigenvalue weighted by Crippen LogP contribution is 2.16. The smallest absolute Gasteiger partial charge is 0.244 e. The van der Waals surface area contributed by atoms with E-state index >= 15 is 0 Å². The molecule has 0 saturated carbocycles. The summed E-state index contributed by atoms with van der Waals surface area (Å²) in [5, 5.41) is 11.5. The van der Waals surface area contributed by atoms with Gasteiger partial charge >= 0.3 is 0 Å². The summed E-state index contributed by atoms with van der Waals surface area (Å²) in [6.07, 6.45) is 4.62. The second-order valence-electron chi connectivity index (χ2n) is 5.08. The van der Waals surface area contributed by atoms with Gasteiger partial charge in [0.2, 0.25) is 5.91 Å². The molecular formula is C14H20BrN5O. The molecule has 0 aliphatic carbocycles. The summed E-state index contributed by atoms with van der Waals surface area (Å²) in [4.78, 5) is 12.1. The van der Waals surface area contributed by atoms with Gasteiger partial charge in [-0.2, -0.15) is 10.2 Å². The number of carbonyl (C=O) groups excluding carboxylic acids is 1. The third kappa shape index (κ3) is 4.17. The Morgan fingerprint density at radius 1 is 1.43 bits per heavy atom. The minimum atomic E-state index is -0.318. The molecule has 2 heterocycles. The number of aryl methyl sites for hydroxylation is 3. The Bertz CT molecular complexity index is 599. The minimum Gasteiger partial charge on any atom is -0.354 e. The summed E-state index contributed by atoms with van der Waals surface area (Å²) in [6, 6.07) is 1.65.